The molecule has 2 amide bonds. The fourth-order valence-corrected chi connectivity index (χ4v) is 3.55. The van der Waals surface area contributed by atoms with Gasteiger partial charge in [-0.2, -0.15) is 18.2 Å². The summed E-state index contributed by atoms with van der Waals surface area (Å²) >= 11 is 5.91. The second-order valence-corrected chi connectivity index (χ2v) is 7.62. The van der Waals surface area contributed by atoms with E-state index in [1.165, 1.54) is 18.2 Å². The number of fused-ring (bicyclic) bond motifs is 1. The number of hydrogen-bond acceptors (Lipinski definition) is 5. The van der Waals surface area contributed by atoms with Crippen molar-refractivity contribution in [3.63, 3.8) is 0 Å². The Morgan fingerprint density at radius 3 is 2.55 bits per heavy atom. The van der Waals surface area contributed by atoms with Crippen molar-refractivity contribution in [3.05, 3.63) is 75.0 Å². The summed E-state index contributed by atoms with van der Waals surface area (Å²) < 4.78 is 38.8. The number of hydrogen-bond donors (Lipinski definition) is 4. The van der Waals surface area contributed by atoms with E-state index in [-0.39, 0.29) is 29.4 Å². The molecule has 3 aromatic rings. The lowest BCUT2D eigenvalue weighted by Gasteiger charge is -2.23. The van der Waals surface area contributed by atoms with Gasteiger partial charge in [0.05, 0.1) is 17.0 Å². The molecule has 8 nitrogen and oxygen atoms in total. The highest BCUT2D eigenvalue weighted by Gasteiger charge is 2.35. The molecule has 0 saturated heterocycles. The lowest BCUT2D eigenvalue weighted by atomic mass is 9.92. The van der Waals surface area contributed by atoms with E-state index in [9.17, 15) is 27.6 Å². The van der Waals surface area contributed by atoms with Gasteiger partial charge in [0.15, 0.2) is 0 Å². The number of aromatic amines is 1. The zero-order chi connectivity index (χ0) is 23.8. The number of aromatic nitrogens is 2. The molecule has 12 heteroatoms. The third-order valence-corrected chi connectivity index (χ3v) is 5.05. The van der Waals surface area contributed by atoms with Gasteiger partial charge in [-0.05, 0) is 36.4 Å². The molecule has 1 aliphatic heterocycles. The van der Waals surface area contributed by atoms with Crippen LogP contribution in [0.15, 0.2) is 53.3 Å². The van der Waals surface area contributed by atoms with Crippen LogP contribution >= 0.6 is 11.6 Å². The second-order valence-electron chi connectivity index (χ2n) is 7.18. The molecule has 0 spiro atoms. The quantitative estimate of drug-likeness (QED) is 0.448. The average Bonchev–Trinajstić information content (AvgIpc) is 2.72. The monoisotopic (exact) mass is 477 g/mol. The SMILES string of the molecule is O=C1CC(C(=O)Nc2cccc(Cl)c2)c2c(nc(Nc3cccc(C(F)(F)F)c3)[nH]c2=O)N1. The smallest absolute Gasteiger partial charge is 0.326 e. The first-order valence-electron chi connectivity index (χ1n) is 9.55. The maximum absolute atomic E-state index is 12.9. The molecule has 0 bridgehead atoms. The molecule has 4 N–H and O–H groups in total. The highest BCUT2D eigenvalue weighted by molar-refractivity contribution is 6.30. The van der Waals surface area contributed by atoms with Gasteiger partial charge >= 0.3 is 6.18 Å². The summed E-state index contributed by atoms with van der Waals surface area (Å²) in [5, 5.41) is 8.01. The topological polar surface area (TPSA) is 116 Å². The van der Waals surface area contributed by atoms with E-state index in [4.69, 9.17) is 11.6 Å². The largest absolute Gasteiger partial charge is 0.416 e. The Labute approximate surface area is 189 Å². The van der Waals surface area contributed by atoms with Gasteiger partial charge in [0, 0.05) is 22.8 Å². The standard InChI is InChI=1S/C21H15ClF3N5O3/c22-11-4-2-6-13(8-11)26-18(32)14-9-15(31)28-17-16(14)19(33)30-20(29-17)27-12-5-1-3-10(7-12)21(23,24)25/h1-8,14H,9H2,(H,26,32)(H3,27,28,29,30,31,33). The van der Waals surface area contributed by atoms with Crippen LogP contribution in [0.1, 0.15) is 23.5 Å². The number of nitrogens with zero attached hydrogens (tertiary/aromatic N) is 1. The minimum atomic E-state index is -4.55. The molecule has 1 aliphatic rings. The van der Waals surface area contributed by atoms with Crippen molar-refractivity contribution < 1.29 is 22.8 Å². The highest BCUT2D eigenvalue weighted by atomic mass is 35.5. The van der Waals surface area contributed by atoms with E-state index < -0.39 is 35.0 Å². The fourth-order valence-electron chi connectivity index (χ4n) is 3.36. The number of rotatable bonds is 4. The van der Waals surface area contributed by atoms with Gasteiger partial charge in [-0.25, -0.2) is 0 Å². The molecule has 33 heavy (non-hydrogen) atoms. The minimum absolute atomic E-state index is 0.0188. The molecule has 1 aromatic heterocycles. The van der Waals surface area contributed by atoms with E-state index in [0.717, 1.165) is 12.1 Å². The summed E-state index contributed by atoms with van der Waals surface area (Å²) in [6.07, 6.45) is -4.84. The molecule has 4 rings (SSSR count). The Bertz CT molecular complexity index is 1310. The predicted molar refractivity (Wildman–Crippen MR) is 116 cm³/mol. The van der Waals surface area contributed by atoms with Crippen molar-refractivity contribution in [2.75, 3.05) is 16.0 Å². The van der Waals surface area contributed by atoms with Crippen LogP contribution in [-0.4, -0.2) is 21.8 Å². The number of halogens is 4. The van der Waals surface area contributed by atoms with Crippen LogP contribution in [0.4, 0.5) is 36.3 Å². The Morgan fingerprint density at radius 1 is 1.09 bits per heavy atom. The molecule has 0 fully saturated rings. The summed E-state index contributed by atoms with van der Waals surface area (Å²) in [7, 11) is 0. The summed E-state index contributed by atoms with van der Waals surface area (Å²) in [6, 6.07) is 10.6. The van der Waals surface area contributed by atoms with Gasteiger partial charge in [0.2, 0.25) is 17.8 Å². The lowest BCUT2D eigenvalue weighted by Crippen LogP contribution is -2.36. The number of H-pyrrole nitrogens is 1. The van der Waals surface area contributed by atoms with Crippen molar-refractivity contribution in [1.29, 1.82) is 0 Å². The van der Waals surface area contributed by atoms with Crippen LogP contribution in [0.25, 0.3) is 0 Å². The number of anilines is 4. The van der Waals surface area contributed by atoms with Crippen molar-refractivity contribution >= 4 is 46.6 Å². The molecular formula is C21H15ClF3N5O3. The van der Waals surface area contributed by atoms with Crippen LogP contribution in [-0.2, 0) is 15.8 Å². The third kappa shape index (κ3) is 4.98. The first-order chi connectivity index (χ1) is 15.6. The molecule has 0 radical (unpaired) electrons. The van der Waals surface area contributed by atoms with Gasteiger partial charge in [-0.1, -0.05) is 23.7 Å². The molecule has 170 valence electrons. The van der Waals surface area contributed by atoms with Crippen LogP contribution < -0.4 is 21.5 Å². The number of carbonyl (C=O) groups excluding carboxylic acids is 2. The van der Waals surface area contributed by atoms with Gasteiger partial charge in [0.1, 0.15) is 5.82 Å². The number of benzene rings is 2. The fraction of sp³-hybridized carbons (Fsp3) is 0.143. The molecule has 2 heterocycles. The number of carbonyl (C=O) groups is 2. The molecule has 1 unspecified atom stereocenters. The third-order valence-electron chi connectivity index (χ3n) is 4.81. The average molecular weight is 478 g/mol. The van der Waals surface area contributed by atoms with Crippen molar-refractivity contribution in [3.8, 4) is 0 Å². The first-order valence-corrected chi connectivity index (χ1v) is 9.93. The van der Waals surface area contributed by atoms with Crippen LogP contribution in [0.5, 0.6) is 0 Å². The molecule has 0 aliphatic carbocycles. The number of amides is 2. The van der Waals surface area contributed by atoms with Gasteiger partial charge in [-0.15, -0.1) is 0 Å². The Hall–Kier alpha value is -3.86. The van der Waals surface area contributed by atoms with Gasteiger partial charge < -0.3 is 16.0 Å². The summed E-state index contributed by atoms with van der Waals surface area (Å²) in [6.45, 7) is 0. The van der Waals surface area contributed by atoms with E-state index in [1.54, 1.807) is 18.2 Å². The van der Waals surface area contributed by atoms with E-state index in [1.807, 2.05) is 0 Å². The molecule has 1 atom stereocenters. The van der Waals surface area contributed by atoms with E-state index in [2.05, 4.69) is 25.9 Å². The Morgan fingerprint density at radius 2 is 1.82 bits per heavy atom. The first kappa shape index (κ1) is 22.3. The summed E-state index contributed by atoms with van der Waals surface area (Å²) in [4.78, 5) is 44.2. The van der Waals surface area contributed by atoms with E-state index in [0.29, 0.717) is 10.7 Å². The van der Waals surface area contributed by atoms with Crippen molar-refractivity contribution in [1.82, 2.24) is 9.97 Å². The summed E-state index contributed by atoms with van der Waals surface area (Å²) in [5.41, 5.74) is -1.28. The number of alkyl halides is 3. The molecule has 2 aromatic carbocycles. The maximum atomic E-state index is 12.9. The van der Waals surface area contributed by atoms with E-state index >= 15 is 0 Å². The van der Waals surface area contributed by atoms with Crippen LogP contribution in [0.3, 0.4) is 0 Å². The second kappa shape index (κ2) is 8.58. The predicted octanol–water partition coefficient (Wildman–Crippen LogP) is 4.25. The zero-order valence-electron chi connectivity index (χ0n) is 16.6. The van der Waals surface area contributed by atoms with Crippen LogP contribution in [0.2, 0.25) is 5.02 Å². The van der Waals surface area contributed by atoms with Gasteiger partial charge in [0.25, 0.3) is 5.56 Å². The number of nitrogens with one attached hydrogen (secondary N) is 4. The highest BCUT2D eigenvalue weighted by Crippen LogP contribution is 2.32. The van der Waals surface area contributed by atoms with Crippen LogP contribution in [0, 0.1) is 0 Å². The van der Waals surface area contributed by atoms with Gasteiger partial charge in [-0.3, -0.25) is 19.4 Å². The minimum Gasteiger partial charge on any atom is -0.326 e. The summed E-state index contributed by atoms with van der Waals surface area (Å²) in [5.74, 6) is -2.65. The lowest BCUT2D eigenvalue weighted by molar-refractivity contribution is -0.137. The van der Waals surface area contributed by atoms with Crippen molar-refractivity contribution in [2.45, 2.75) is 18.5 Å². The normalized spacial score (nSPS) is 15.4. The zero-order valence-corrected chi connectivity index (χ0v) is 17.3. The van der Waals surface area contributed by atoms with Crippen molar-refractivity contribution in [2.24, 2.45) is 0 Å². The maximum Gasteiger partial charge on any atom is 0.416 e. The molecular weight excluding hydrogens is 463 g/mol. The Balaban J connectivity index is 1.63. The molecule has 0 saturated carbocycles. The Kier molecular flexibility index (Phi) is 5.81.